The van der Waals surface area contributed by atoms with Gasteiger partial charge in [-0.3, -0.25) is 0 Å². The highest BCUT2D eigenvalue weighted by Crippen LogP contribution is 1.81. The van der Waals surface area contributed by atoms with E-state index in [1.165, 1.54) is 6.08 Å². The highest BCUT2D eigenvalue weighted by atomic mass is 35.5. The van der Waals surface area contributed by atoms with Gasteiger partial charge in [-0.2, -0.15) is 5.26 Å². The molecule has 0 saturated carbocycles. The smallest absolute Gasteiger partial charge is 0.0985 e. The van der Waals surface area contributed by atoms with Gasteiger partial charge < -0.3 is 0 Å². The maximum atomic E-state index is 7.91. The highest BCUT2D eigenvalue weighted by Gasteiger charge is 1.70. The Kier molecular flexibility index (Phi) is 7.17. The lowest BCUT2D eigenvalue weighted by Crippen LogP contribution is -1.57. The van der Waals surface area contributed by atoms with Crippen molar-refractivity contribution in [2.24, 2.45) is 0 Å². The number of allylic oxidation sites excluding steroid dienone is 2. The molecule has 0 N–H and O–H groups in total. The van der Waals surface area contributed by atoms with Gasteiger partial charge in [-0.05, 0) is 0 Å². The van der Waals surface area contributed by atoms with Gasteiger partial charge in [0.1, 0.15) is 0 Å². The Morgan fingerprint density at radius 2 is 2.14 bits per heavy atom. The van der Waals surface area contributed by atoms with Crippen molar-refractivity contribution in [3.8, 4) is 6.07 Å². The summed E-state index contributed by atoms with van der Waals surface area (Å²) in [4.78, 5) is 0. The fourth-order valence-electron chi connectivity index (χ4n) is 0.0456. The summed E-state index contributed by atoms with van der Waals surface area (Å²) in [5.41, 5.74) is 0.412. The predicted molar refractivity (Wildman–Crippen MR) is 32.2 cm³/mol. The van der Waals surface area contributed by atoms with Crippen LogP contribution in [0.25, 0.3) is 0 Å². The number of nitriles is 1. The van der Waals surface area contributed by atoms with Crippen LogP contribution in [0, 0.1) is 11.3 Å². The molecule has 7 heavy (non-hydrogen) atoms. The fourth-order valence-corrected chi connectivity index (χ4v) is 0.0456. The second-order valence-electron chi connectivity index (χ2n) is 0.841. The Balaban J connectivity index is 0. The van der Waals surface area contributed by atoms with E-state index in [1.54, 1.807) is 6.07 Å². The first kappa shape index (κ1) is 9.54. The van der Waals surface area contributed by atoms with Crippen LogP contribution in [0.5, 0.6) is 0 Å². The molecule has 0 bridgehead atoms. The van der Waals surface area contributed by atoms with E-state index < -0.39 is 0 Å². The lowest BCUT2D eigenvalue weighted by Gasteiger charge is -1.68. The quantitative estimate of drug-likeness (QED) is 0.377. The third-order valence-electron chi connectivity index (χ3n) is 0.390. The molecule has 38 valence electrons. The molecule has 1 nitrogen and oxygen atoms in total. The molecule has 0 aliphatic heterocycles. The summed E-state index contributed by atoms with van der Waals surface area (Å²) < 4.78 is 0. The van der Waals surface area contributed by atoms with Crippen LogP contribution < -0.4 is 0 Å². The van der Waals surface area contributed by atoms with Crippen molar-refractivity contribution in [1.29, 1.82) is 5.26 Å². The van der Waals surface area contributed by atoms with E-state index in [0.717, 1.165) is 0 Å². The Hall–Kier alpha value is -0.740. The number of halogens is 1. The summed E-state index contributed by atoms with van der Waals surface area (Å²) in [6.07, 6.45) is 1.42. The van der Waals surface area contributed by atoms with Crippen molar-refractivity contribution in [1.82, 2.24) is 0 Å². The van der Waals surface area contributed by atoms with Gasteiger partial charge in [0.2, 0.25) is 0 Å². The van der Waals surface area contributed by atoms with Crippen LogP contribution in [0.3, 0.4) is 0 Å². The Labute approximate surface area is 49.4 Å². The summed E-state index contributed by atoms with van der Waals surface area (Å²) in [5, 5.41) is 7.91. The zero-order valence-corrected chi connectivity index (χ0v) is 4.66. The second kappa shape index (κ2) is 5.26. The van der Waals surface area contributed by atoms with Crippen LogP contribution in [0.15, 0.2) is 24.8 Å². The molecule has 2 heteroatoms. The molecule has 0 amide bonds. The third-order valence-corrected chi connectivity index (χ3v) is 0.390. The van der Waals surface area contributed by atoms with E-state index in [-0.39, 0.29) is 12.4 Å². The van der Waals surface area contributed by atoms with Gasteiger partial charge >= 0.3 is 0 Å². The Morgan fingerprint density at radius 1 is 1.71 bits per heavy atom. The molecule has 0 aromatic carbocycles. The topological polar surface area (TPSA) is 23.8 Å². The maximum Gasteiger partial charge on any atom is 0.0985 e. The van der Waals surface area contributed by atoms with Gasteiger partial charge in [0.15, 0.2) is 0 Å². The summed E-state index contributed by atoms with van der Waals surface area (Å²) >= 11 is 0. The van der Waals surface area contributed by atoms with Crippen molar-refractivity contribution >= 4 is 12.4 Å². The lowest BCUT2D eigenvalue weighted by atomic mass is 10.3. The van der Waals surface area contributed by atoms with E-state index in [9.17, 15) is 0 Å². The van der Waals surface area contributed by atoms with Gasteiger partial charge in [-0.15, -0.1) is 12.4 Å². The van der Waals surface area contributed by atoms with E-state index in [4.69, 9.17) is 5.26 Å². The van der Waals surface area contributed by atoms with E-state index in [2.05, 4.69) is 13.2 Å². The minimum Gasteiger partial charge on any atom is -0.192 e. The normalized spacial score (nSPS) is 5.00. The molecule has 0 saturated heterocycles. The van der Waals surface area contributed by atoms with Crippen LogP contribution in [0.1, 0.15) is 0 Å². The fraction of sp³-hybridized carbons (Fsp3) is 0. The highest BCUT2D eigenvalue weighted by molar-refractivity contribution is 5.85. The van der Waals surface area contributed by atoms with Gasteiger partial charge in [0.25, 0.3) is 0 Å². The molecule has 0 fully saturated rings. The van der Waals surface area contributed by atoms with E-state index in [1.807, 2.05) is 0 Å². The van der Waals surface area contributed by atoms with Crippen LogP contribution >= 0.6 is 12.4 Å². The molecule has 0 aliphatic rings. The Bertz CT molecular complexity index is 110. The molecule has 0 heterocycles. The average Bonchev–Trinajstić information content (AvgIpc) is 1.65. The van der Waals surface area contributed by atoms with Crippen LogP contribution in [-0.2, 0) is 0 Å². The van der Waals surface area contributed by atoms with Gasteiger partial charge in [0.05, 0.1) is 6.07 Å². The number of hydrogen-bond donors (Lipinski definition) is 0. The first-order valence-corrected chi connectivity index (χ1v) is 1.52. The van der Waals surface area contributed by atoms with E-state index in [0.29, 0.717) is 5.57 Å². The SMILES string of the molecule is C=CC(=C)C#N.Cl. The molecule has 0 unspecified atom stereocenters. The van der Waals surface area contributed by atoms with Gasteiger partial charge in [-0.25, -0.2) is 0 Å². The molecule has 0 rings (SSSR count). The molecular weight excluding hydrogens is 110 g/mol. The molecule has 0 aromatic heterocycles. The predicted octanol–water partition coefficient (Wildman–Crippen LogP) is 1.67. The summed E-state index contributed by atoms with van der Waals surface area (Å²) in [6.45, 7) is 6.62. The molecule has 0 atom stereocenters. The molecule has 0 aromatic rings. The van der Waals surface area contributed by atoms with Crippen molar-refractivity contribution in [2.75, 3.05) is 0 Å². The van der Waals surface area contributed by atoms with Gasteiger partial charge in [-0.1, -0.05) is 19.2 Å². The van der Waals surface area contributed by atoms with Crippen LogP contribution in [-0.4, -0.2) is 0 Å². The molecule has 0 aliphatic carbocycles. The maximum absolute atomic E-state index is 7.91. The monoisotopic (exact) mass is 115 g/mol. The first-order valence-electron chi connectivity index (χ1n) is 1.52. The number of rotatable bonds is 1. The summed E-state index contributed by atoms with van der Waals surface area (Å²) in [6, 6.07) is 1.80. The minimum absolute atomic E-state index is 0. The first-order chi connectivity index (χ1) is 2.81. The van der Waals surface area contributed by atoms with Crippen LogP contribution in [0.4, 0.5) is 0 Å². The minimum atomic E-state index is 0. The van der Waals surface area contributed by atoms with Crippen molar-refractivity contribution in [3.63, 3.8) is 0 Å². The number of nitrogens with zero attached hydrogens (tertiary/aromatic N) is 1. The van der Waals surface area contributed by atoms with Crippen molar-refractivity contribution < 1.29 is 0 Å². The standard InChI is InChI=1S/C5H5N.ClH/c1-3-5(2)4-6;/h3H,1-2H2;1H. The van der Waals surface area contributed by atoms with Gasteiger partial charge in [0, 0.05) is 5.57 Å². The molecular formula is C5H6ClN. The zero-order chi connectivity index (χ0) is 4.99. The average molecular weight is 116 g/mol. The number of hydrogen-bond acceptors (Lipinski definition) is 1. The van der Waals surface area contributed by atoms with Crippen molar-refractivity contribution in [2.45, 2.75) is 0 Å². The Morgan fingerprint density at radius 3 is 2.14 bits per heavy atom. The molecule has 0 spiro atoms. The molecule has 0 radical (unpaired) electrons. The largest absolute Gasteiger partial charge is 0.192 e. The zero-order valence-electron chi connectivity index (χ0n) is 3.85. The summed E-state index contributed by atoms with van der Waals surface area (Å²) in [5.74, 6) is 0. The second-order valence-corrected chi connectivity index (χ2v) is 0.841. The third kappa shape index (κ3) is 5.26. The lowest BCUT2D eigenvalue weighted by molar-refractivity contribution is 1.51. The van der Waals surface area contributed by atoms with E-state index >= 15 is 0 Å². The van der Waals surface area contributed by atoms with Crippen LogP contribution in [0.2, 0.25) is 0 Å². The summed E-state index contributed by atoms with van der Waals surface area (Å²) in [7, 11) is 0. The van der Waals surface area contributed by atoms with Crippen molar-refractivity contribution in [3.05, 3.63) is 24.8 Å².